The zero-order valence-electron chi connectivity index (χ0n) is 9.42. The lowest BCUT2D eigenvalue weighted by atomic mass is 10.2. The van der Waals surface area contributed by atoms with Gasteiger partial charge in [-0.15, -0.1) is 0 Å². The number of fused-ring (bicyclic) bond motifs is 1. The largest absolute Gasteiger partial charge is 0.481 e. The summed E-state index contributed by atoms with van der Waals surface area (Å²) in [5, 5.41) is 0.932. The summed E-state index contributed by atoms with van der Waals surface area (Å²) in [7, 11) is 0. The third kappa shape index (κ3) is 2.73. The van der Waals surface area contributed by atoms with Gasteiger partial charge in [0.05, 0.1) is 0 Å². The Balaban J connectivity index is 2.08. The molecule has 0 aliphatic heterocycles. The van der Waals surface area contributed by atoms with Gasteiger partial charge in [-0.2, -0.15) is 0 Å². The molecule has 0 aliphatic rings. The molecule has 0 bridgehead atoms. The van der Waals surface area contributed by atoms with Crippen LogP contribution in [0.15, 0.2) is 36.5 Å². The van der Waals surface area contributed by atoms with Gasteiger partial charge in [-0.25, -0.2) is 0 Å². The number of nitrogens with zero attached hydrogens (tertiary/aromatic N) is 1. The monoisotopic (exact) mass is 245 g/mol. The lowest BCUT2D eigenvalue weighted by molar-refractivity contribution is -0.126. The van der Waals surface area contributed by atoms with E-state index in [0.29, 0.717) is 17.7 Å². The summed E-state index contributed by atoms with van der Waals surface area (Å²) in [5.41, 5.74) is 4.88. The Bertz CT molecular complexity index is 566. The second kappa shape index (κ2) is 5.62. The van der Waals surface area contributed by atoms with Crippen molar-refractivity contribution < 1.29 is 14.3 Å². The Morgan fingerprint density at radius 1 is 1.33 bits per heavy atom. The quantitative estimate of drug-likeness (QED) is 0.590. The molecule has 2 amide bonds. The predicted molar refractivity (Wildman–Crippen MR) is 64.6 cm³/mol. The number of pyridine rings is 1. The van der Waals surface area contributed by atoms with Gasteiger partial charge in [-0.1, -0.05) is 18.2 Å². The van der Waals surface area contributed by atoms with Crippen LogP contribution in [0.1, 0.15) is 0 Å². The van der Waals surface area contributed by atoms with Crippen LogP contribution in [-0.2, 0) is 9.59 Å². The summed E-state index contributed by atoms with van der Waals surface area (Å²) in [5.74, 6) is 0.0735. The fourth-order valence-electron chi connectivity index (χ4n) is 1.48. The number of carbonyl (C=O) groups excluding carboxylic acids is 2. The van der Waals surface area contributed by atoms with Crippen molar-refractivity contribution in [3.05, 3.63) is 36.5 Å². The molecule has 0 unspecified atom stereocenters. The van der Waals surface area contributed by atoms with Crippen LogP contribution in [0.3, 0.4) is 0 Å². The Kier molecular flexibility index (Phi) is 3.70. The smallest absolute Gasteiger partial charge is 0.276 e. The Morgan fingerprint density at radius 3 is 3.00 bits per heavy atom. The zero-order chi connectivity index (χ0) is 12.8. The van der Waals surface area contributed by atoms with E-state index >= 15 is 0 Å². The second-order valence-corrected chi connectivity index (χ2v) is 3.43. The molecule has 1 aromatic heterocycles. The molecule has 0 atom stereocenters. The predicted octanol–water partition coefficient (Wildman–Crippen LogP) is 0.391. The van der Waals surface area contributed by atoms with Crippen molar-refractivity contribution in [3.8, 4) is 5.75 Å². The van der Waals surface area contributed by atoms with Gasteiger partial charge in [0.2, 0.25) is 6.41 Å². The van der Waals surface area contributed by atoms with Crippen LogP contribution < -0.4 is 15.6 Å². The molecule has 0 aliphatic carbocycles. The highest BCUT2D eigenvalue weighted by Gasteiger charge is 2.05. The van der Waals surface area contributed by atoms with Crippen molar-refractivity contribution >= 4 is 23.2 Å². The summed E-state index contributed by atoms with van der Waals surface area (Å²) in [4.78, 5) is 25.4. The molecule has 1 heterocycles. The molecule has 6 nitrogen and oxygen atoms in total. The molecule has 1 aromatic carbocycles. The van der Waals surface area contributed by atoms with E-state index in [4.69, 9.17) is 4.74 Å². The number of hydrazine groups is 1. The van der Waals surface area contributed by atoms with Crippen molar-refractivity contribution in [1.82, 2.24) is 15.8 Å². The van der Waals surface area contributed by atoms with Crippen LogP contribution in [0.25, 0.3) is 10.9 Å². The van der Waals surface area contributed by atoms with Crippen molar-refractivity contribution in [1.29, 1.82) is 0 Å². The number of amides is 2. The van der Waals surface area contributed by atoms with Crippen molar-refractivity contribution in [3.63, 3.8) is 0 Å². The van der Waals surface area contributed by atoms with Crippen molar-refractivity contribution in [2.75, 3.05) is 6.61 Å². The highest BCUT2D eigenvalue weighted by atomic mass is 16.5. The van der Waals surface area contributed by atoms with Gasteiger partial charge in [0, 0.05) is 11.6 Å². The minimum atomic E-state index is -0.449. The zero-order valence-corrected chi connectivity index (χ0v) is 9.42. The Labute approximate surface area is 103 Å². The highest BCUT2D eigenvalue weighted by Crippen LogP contribution is 2.22. The number of hydrogen-bond donors (Lipinski definition) is 2. The number of hydrogen-bond acceptors (Lipinski definition) is 4. The normalized spacial score (nSPS) is 9.78. The maximum absolute atomic E-state index is 11.2. The van der Waals surface area contributed by atoms with Gasteiger partial charge < -0.3 is 4.74 Å². The molecule has 0 fully saturated rings. The lowest BCUT2D eigenvalue weighted by Gasteiger charge is -2.08. The van der Waals surface area contributed by atoms with E-state index in [9.17, 15) is 9.59 Å². The van der Waals surface area contributed by atoms with Crippen LogP contribution >= 0.6 is 0 Å². The number of ether oxygens (including phenoxy) is 1. The number of para-hydroxylation sites is 1. The fourth-order valence-corrected chi connectivity index (χ4v) is 1.48. The third-order valence-electron chi connectivity index (χ3n) is 2.22. The fraction of sp³-hybridized carbons (Fsp3) is 0.0833. The molecular weight excluding hydrogens is 234 g/mol. The maximum atomic E-state index is 11.2. The van der Waals surface area contributed by atoms with Gasteiger partial charge in [0.25, 0.3) is 5.91 Å². The lowest BCUT2D eigenvalue weighted by Crippen LogP contribution is -2.39. The number of carbonyl (C=O) groups is 2. The molecule has 0 saturated carbocycles. The van der Waals surface area contributed by atoms with Crippen LogP contribution in [0.2, 0.25) is 0 Å². The molecule has 0 saturated heterocycles. The molecular formula is C12H11N3O3. The van der Waals surface area contributed by atoms with Gasteiger partial charge >= 0.3 is 0 Å². The summed E-state index contributed by atoms with van der Waals surface area (Å²) >= 11 is 0. The van der Waals surface area contributed by atoms with E-state index in [2.05, 4.69) is 10.4 Å². The van der Waals surface area contributed by atoms with Crippen molar-refractivity contribution in [2.24, 2.45) is 0 Å². The van der Waals surface area contributed by atoms with Gasteiger partial charge in [-0.3, -0.25) is 25.4 Å². The SMILES string of the molecule is O=CNNC(=O)COc1cccc2cccnc12. The van der Waals surface area contributed by atoms with Crippen LogP contribution in [0, 0.1) is 0 Å². The first-order valence-electron chi connectivity index (χ1n) is 5.26. The van der Waals surface area contributed by atoms with Gasteiger partial charge in [-0.05, 0) is 12.1 Å². The van der Waals surface area contributed by atoms with E-state index in [1.165, 1.54) is 0 Å². The average molecular weight is 245 g/mol. The molecule has 0 spiro atoms. The topological polar surface area (TPSA) is 80.3 Å². The molecule has 6 heteroatoms. The average Bonchev–Trinajstić information content (AvgIpc) is 2.42. The van der Waals surface area contributed by atoms with Crippen LogP contribution in [0.5, 0.6) is 5.75 Å². The van der Waals surface area contributed by atoms with Gasteiger partial charge in [0.1, 0.15) is 11.3 Å². The summed E-state index contributed by atoms with van der Waals surface area (Å²) in [6.07, 6.45) is 2.03. The molecule has 0 radical (unpaired) electrons. The van der Waals surface area contributed by atoms with E-state index in [1.54, 1.807) is 12.3 Å². The third-order valence-corrected chi connectivity index (χ3v) is 2.22. The Morgan fingerprint density at radius 2 is 2.17 bits per heavy atom. The molecule has 92 valence electrons. The molecule has 18 heavy (non-hydrogen) atoms. The highest BCUT2D eigenvalue weighted by molar-refractivity contribution is 5.85. The van der Waals surface area contributed by atoms with E-state index in [1.807, 2.05) is 29.7 Å². The Hall–Kier alpha value is -2.63. The van der Waals surface area contributed by atoms with E-state index in [0.717, 1.165) is 5.39 Å². The van der Waals surface area contributed by atoms with Gasteiger partial charge in [0.15, 0.2) is 6.61 Å². The number of rotatable bonds is 5. The van der Waals surface area contributed by atoms with E-state index in [-0.39, 0.29) is 6.61 Å². The molecule has 2 N–H and O–H groups in total. The minimum absolute atomic E-state index is 0.198. The second-order valence-electron chi connectivity index (χ2n) is 3.43. The summed E-state index contributed by atoms with van der Waals surface area (Å²) in [6.45, 7) is -0.198. The number of aromatic nitrogens is 1. The maximum Gasteiger partial charge on any atom is 0.276 e. The minimum Gasteiger partial charge on any atom is -0.481 e. The summed E-state index contributed by atoms with van der Waals surface area (Å²) < 4.78 is 5.35. The van der Waals surface area contributed by atoms with E-state index < -0.39 is 5.91 Å². The first-order valence-corrected chi connectivity index (χ1v) is 5.26. The first-order chi connectivity index (χ1) is 8.81. The molecule has 2 rings (SSSR count). The van der Waals surface area contributed by atoms with Crippen molar-refractivity contribution in [2.45, 2.75) is 0 Å². The first kappa shape index (κ1) is 11.8. The van der Waals surface area contributed by atoms with Crippen LogP contribution in [0.4, 0.5) is 0 Å². The van der Waals surface area contributed by atoms with Crippen LogP contribution in [-0.4, -0.2) is 23.9 Å². The molecule has 2 aromatic rings. The standard InChI is InChI=1S/C12H11N3O3/c16-8-14-15-11(17)7-18-10-5-1-3-9-4-2-6-13-12(9)10/h1-6,8H,7H2,(H,14,16)(H,15,17). The summed E-state index contributed by atoms with van der Waals surface area (Å²) in [6, 6.07) is 9.19. The number of benzene rings is 1. The number of nitrogens with one attached hydrogen (secondary N) is 2.